The summed E-state index contributed by atoms with van der Waals surface area (Å²) in [6.45, 7) is 4.63. The average Bonchev–Trinajstić information content (AvgIpc) is 2.84. The number of aliphatic hydroxyl groups excluding tert-OH is 1. The lowest BCUT2D eigenvalue weighted by Gasteiger charge is -2.26. The smallest absolute Gasteiger partial charge is 0.408 e. The molecule has 0 radical (unpaired) electrons. The lowest BCUT2D eigenvalue weighted by atomic mass is 10.0. The van der Waals surface area contributed by atoms with Crippen molar-refractivity contribution >= 4 is 41.6 Å². The van der Waals surface area contributed by atoms with Gasteiger partial charge in [0.15, 0.2) is 0 Å². The molecule has 14 nitrogen and oxygen atoms in total. The number of cyclic esters (lactones) is 1. The second kappa shape index (κ2) is 13.4. The molecule has 15 heteroatoms. The number of ether oxygens (including phenoxy) is 3. The van der Waals surface area contributed by atoms with Gasteiger partial charge in [0.2, 0.25) is 11.8 Å². The first-order valence-electron chi connectivity index (χ1n) is 11.8. The molecule has 0 saturated heterocycles. The Morgan fingerprint density at radius 2 is 1.90 bits per heavy atom. The molecule has 1 aromatic carbocycles. The molecule has 0 bridgehead atoms. The number of aliphatic hydroxyl groups is 1. The fourth-order valence-electron chi connectivity index (χ4n) is 3.42. The van der Waals surface area contributed by atoms with Gasteiger partial charge in [-0.15, -0.1) is 0 Å². The summed E-state index contributed by atoms with van der Waals surface area (Å²) in [5.74, 6) is -4.47. The Labute approximate surface area is 228 Å². The zero-order chi connectivity index (χ0) is 29.5. The normalized spacial score (nSPS) is 19.1. The number of carbonyl (C=O) groups excluding carboxylic acids is 5. The van der Waals surface area contributed by atoms with Crippen molar-refractivity contribution in [3.8, 4) is 11.5 Å². The number of esters is 2. The predicted octanol–water partition coefficient (Wildman–Crippen LogP) is -0.162. The molecule has 1 aromatic rings. The summed E-state index contributed by atoms with van der Waals surface area (Å²) in [5.41, 5.74) is -0.777. The van der Waals surface area contributed by atoms with Crippen molar-refractivity contribution in [1.29, 1.82) is 0 Å². The molecular formula is C24H33N3O11S. The highest BCUT2D eigenvalue weighted by Gasteiger charge is 2.33. The van der Waals surface area contributed by atoms with Crippen LogP contribution in [0.15, 0.2) is 6.07 Å². The van der Waals surface area contributed by atoms with Gasteiger partial charge in [0, 0.05) is 28.7 Å². The van der Waals surface area contributed by atoms with Gasteiger partial charge in [-0.3, -0.25) is 9.59 Å². The summed E-state index contributed by atoms with van der Waals surface area (Å²) < 4.78 is 15.1. The van der Waals surface area contributed by atoms with E-state index in [1.54, 1.807) is 20.8 Å². The number of aromatic hydroxyl groups is 2. The molecule has 1 aliphatic heterocycles. The molecule has 0 aliphatic carbocycles. The third-order valence-corrected chi connectivity index (χ3v) is 6.45. The van der Waals surface area contributed by atoms with Crippen LogP contribution in [0.3, 0.4) is 0 Å². The Hall–Kier alpha value is -3.72. The Kier molecular flexibility index (Phi) is 10.8. The van der Waals surface area contributed by atoms with Crippen LogP contribution >= 0.6 is 11.8 Å². The fourth-order valence-corrected chi connectivity index (χ4v) is 4.49. The molecule has 0 saturated carbocycles. The van der Waals surface area contributed by atoms with Crippen molar-refractivity contribution in [3.05, 3.63) is 22.8 Å². The first-order valence-corrected chi connectivity index (χ1v) is 12.9. The number of hydrogen-bond donors (Lipinski definition) is 6. The Balaban J connectivity index is 2.37. The fraction of sp³-hybridized carbons (Fsp3) is 0.542. The molecule has 0 aromatic heterocycles. The molecular weight excluding hydrogens is 538 g/mol. The molecule has 39 heavy (non-hydrogen) atoms. The maximum Gasteiger partial charge on any atom is 0.408 e. The summed E-state index contributed by atoms with van der Waals surface area (Å²) in [7, 11) is 1.12. The highest BCUT2D eigenvalue weighted by atomic mass is 32.2. The molecule has 216 valence electrons. The number of rotatable bonds is 5. The lowest BCUT2D eigenvalue weighted by Crippen LogP contribution is -2.58. The number of benzene rings is 1. The van der Waals surface area contributed by atoms with Crippen LogP contribution in [-0.2, 0) is 34.3 Å². The van der Waals surface area contributed by atoms with Crippen molar-refractivity contribution in [3.63, 3.8) is 0 Å². The van der Waals surface area contributed by atoms with Gasteiger partial charge >= 0.3 is 18.0 Å². The van der Waals surface area contributed by atoms with E-state index in [0.717, 1.165) is 24.9 Å². The van der Waals surface area contributed by atoms with Crippen LogP contribution < -0.4 is 16.0 Å². The zero-order valence-electron chi connectivity index (χ0n) is 22.2. The van der Waals surface area contributed by atoms with E-state index in [1.807, 2.05) is 0 Å². The van der Waals surface area contributed by atoms with Crippen molar-refractivity contribution in [2.45, 2.75) is 57.2 Å². The molecule has 1 aliphatic rings. The summed E-state index contributed by atoms with van der Waals surface area (Å²) in [5, 5.41) is 37.0. The van der Waals surface area contributed by atoms with Gasteiger partial charge in [-0.2, -0.15) is 11.8 Å². The van der Waals surface area contributed by atoms with E-state index in [2.05, 4.69) is 16.0 Å². The van der Waals surface area contributed by atoms with Gasteiger partial charge < -0.3 is 45.5 Å². The molecule has 0 spiro atoms. The first-order chi connectivity index (χ1) is 18.2. The zero-order valence-corrected chi connectivity index (χ0v) is 23.0. The van der Waals surface area contributed by atoms with Crippen molar-refractivity contribution < 1.29 is 53.5 Å². The highest BCUT2D eigenvalue weighted by molar-refractivity contribution is 7.98. The van der Waals surface area contributed by atoms with E-state index in [9.17, 15) is 39.3 Å². The minimum absolute atomic E-state index is 0.0232. The SMILES string of the molecule is COC(=O)[C@@H]1CSCc2c(O)cc(O)c(C)c2C(=O)OCC(NC(=O)[C@@H](CO)NC(=O)OC(C)(C)C)C(=O)N1. The van der Waals surface area contributed by atoms with Crippen LogP contribution in [0.1, 0.15) is 42.3 Å². The second-order valence-corrected chi connectivity index (χ2v) is 10.6. The molecule has 3 amide bonds. The number of thioether (sulfide) groups is 1. The molecule has 1 heterocycles. The van der Waals surface area contributed by atoms with Gasteiger partial charge in [-0.25, -0.2) is 14.4 Å². The Morgan fingerprint density at radius 1 is 1.23 bits per heavy atom. The number of fused-ring (bicyclic) bond motifs is 1. The number of carbonyl (C=O) groups is 5. The van der Waals surface area contributed by atoms with Gasteiger partial charge in [0.25, 0.3) is 0 Å². The summed E-state index contributed by atoms with van der Waals surface area (Å²) in [6, 6.07) is -3.22. The molecule has 2 rings (SSSR count). The lowest BCUT2D eigenvalue weighted by molar-refractivity contribution is -0.144. The van der Waals surface area contributed by atoms with E-state index < -0.39 is 66.8 Å². The van der Waals surface area contributed by atoms with E-state index in [0.29, 0.717) is 0 Å². The van der Waals surface area contributed by atoms with Crippen LogP contribution in [0, 0.1) is 6.92 Å². The van der Waals surface area contributed by atoms with Crippen molar-refractivity contribution in [1.82, 2.24) is 16.0 Å². The minimum Gasteiger partial charge on any atom is -0.508 e. The number of methoxy groups -OCH3 is 1. The van der Waals surface area contributed by atoms with Gasteiger partial charge in [-0.1, -0.05) is 0 Å². The third-order valence-electron chi connectivity index (χ3n) is 5.38. The number of nitrogens with one attached hydrogen (secondary N) is 3. The monoisotopic (exact) mass is 571 g/mol. The predicted molar refractivity (Wildman–Crippen MR) is 137 cm³/mol. The first kappa shape index (κ1) is 31.5. The van der Waals surface area contributed by atoms with E-state index in [-0.39, 0.29) is 39.7 Å². The summed E-state index contributed by atoms with van der Waals surface area (Å²) in [6.07, 6.45) is -0.999. The van der Waals surface area contributed by atoms with Crippen molar-refractivity contribution in [2.75, 3.05) is 26.1 Å². The Bertz CT molecular complexity index is 1120. The van der Waals surface area contributed by atoms with E-state index >= 15 is 0 Å². The van der Waals surface area contributed by atoms with Gasteiger partial charge in [0.1, 0.15) is 41.8 Å². The van der Waals surface area contributed by atoms with Crippen molar-refractivity contribution in [2.24, 2.45) is 0 Å². The second-order valence-electron chi connectivity index (χ2n) is 9.53. The van der Waals surface area contributed by atoms with Crippen LogP contribution in [0.4, 0.5) is 4.79 Å². The largest absolute Gasteiger partial charge is 0.508 e. The maximum absolute atomic E-state index is 13.1. The number of alkyl carbamates (subject to hydrolysis) is 1. The average molecular weight is 572 g/mol. The summed E-state index contributed by atoms with van der Waals surface area (Å²) >= 11 is 1.08. The third kappa shape index (κ3) is 8.64. The number of phenolic OH excluding ortho intramolecular Hbond substituents is 2. The molecule has 1 unspecified atom stereocenters. The highest BCUT2D eigenvalue weighted by Crippen LogP contribution is 2.35. The van der Waals surface area contributed by atoms with Crippen LogP contribution in [-0.4, -0.2) is 95.0 Å². The summed E-state index contributed by atoms with van der Waals surface area (Å²) in [4.78, 5) is 63.3. The van der Waals surface area contributed by atoms with Crippen LogP contribution in [0.2, 0.25) is 0 Å². The van der Waals surface area contributed by atoms with Crippen LogP contribution in [0.25, 0.3) is 0 Å². The Morgan fingerprint density at radius 3 is 2.49 bits per heavy atom. The number of hydrogen-bond acceptors (Lipinski definition) is 12. The number of amides is 3. The molecule has 3 atom stereocenters. The molecule has 6 N–H and O–H groups in total. The van der Waals surface area contributed by atoms with E-state index in [4.69, 9.17) is 14.2 Å². The topological polar surface area (TPSA) is 210 Å². The van der Waals surface area contributed by atoms with Gasteiger partial charge in [-0.05, 0) is 27.7 Å². The van der Waals surface area contributed by atoms with Gasteiger partial charge in [0.05, 0.1) is 19.3 Å². The van der Waals surface area contributed by atoms with E-state index in [1.165, 1.54) is 6.92 Å². The number of phenols is 2. The minimum atomic E-state index is -1.58. The maximum atomic E-state index is 13.1. The standard InChI is InChI=1S/C24H33N3O11S/c1-11-16(29)6-17(30)12-9-39-10-15(21(33)36-5)26-20(32)14(8-37-22(34)18(11)12)25-19(31)13(7-28)27-23(35)38-24(2,3)4/h6,13-15,28-30H,7-10H2,1-5H3,(H,25,31)(H,26,32)(H,27,35)/t13-,14?,15+/m1/s1. The quantitative estimate of drug-likeness (QED) is 0.201. The molecule has 0 fully saturated rings. The van der Waals surface area contributed by atoms with Crippen LogP contribution in [0.5, 0.6) is 11.5 Å².